The van der Waals surface area contributed by atoms with E-state index in [9.17, 15) is 14.9 Å². The summed E-state index contributed by atoms with van der Waals surface area (Å²) in [5.41, 5.74) is 6.18. The molecule has 0 unspecified atom stereocenters. The summed E-state index contributed by atoms with van der Waals surface area (Å²) in [4.78, 5) is 20.9. The maximum absolute atomic E-state index is 10.8. The van der Waals surface area contributed by atoms with Gasteiger partial charge in [0.1, 0.15) is 5.69 Å². The molecule has 0 aliphatic heterocycles. The highest BCUT2D eigenvalue weighted by Crippen LogP contribution is 2.26. The molecule has 0 radical (unpaired) electrons. The molecule has 0 saturated heterocycles. The van der Waals surface area contributed by atoms with Gasteiger partial charge in [0.05, 0.1) is 17.6 Å². The van der Waals surface area contributed by atoms with E-state index >= 15 is 0 Å². The monoisotopic (exact) mass is 234 g/mol. The van der Waals surface area contributed by atoms with Gasteiger partial charge in [-0.05, 0) is 18.6 Å². The third kappa shape index (κ3) is 2.95. The molecule has 0 aliphatic carbocycles. The number of nitrogen functional groups attached to an aromatic ring is 1. The molecule has 6 nitrogen and oxygen atoms in total. The van der Waals surface area contributed by atoms with Crippen LogP contribution in [-0.2, 0) is 9.53 Å². The standard InChI is InChI=1S/C11H10N2O4/c1-7-5-8(3-4-10(14)17-2)11(12)9(6-7)13(15)16/h5-6H,12H2,1-2H3. The first-order valence-electron chi connectivity index (χ1n) is 4.60. The fourth-order valence-corrected chi connectivity index (χ4v) is 1.20. The van der Waals surface area contributed by atoms with Gasteiger partial charge in [0, 0.05) is 12.0 Å². The van der Waals surface area contributed by atoms with Crippen LogP contribution in [0.5, 0.6) is 0 Å². The van der Waals surface area contributed by atoms with E-state index in [1.165, 1.54) is 13.2 Å². The van der Waals surface area contributed by atoms with E-state index in [-0.39, 0.29) is 16.9 Å². The second-order valence-electron chi connectivity index (χ2n) is 3.24. The summed E-state index contributed by atoms with van der Waals surface area (Å²) >= 11 is 0. The van der Waals surface area contributed by atoms with Gasteiger partial charge in [-0.25, -0.2) is 4.79 Å². The van der Waals surface area contributed by atoms with Crippen molar-refractivity contribution < 1.29 is 14.5 Å². The van der Waals surface area contributed by atoms with Gasteiger partial charge in [0.2, 0.25) is 0 Å². The summed E-state index contributed by atoms with van der Waals surface area (Å²) in [7, 11) is 1.19. The normalized spacial score (nSPS) is 9.06. The quantitative estimate of drug-likeness (QED) is 0.257. The number of carbonyl (C=O) groups excluding carboxylic acids is 1. The van der Waals surface area contributed by atoms with E-state index in [2.05, 4.69) is 16.6 Å². The molecule has 1 rings (SSSR count). The van der Waals surface area contributed by atoms with Gasteiger partial charge in [-0.3, -0.25) is 10.1 Å². The molecule has 0 atom stereocenters. The Labute approximate surface area is 97.5 Å². The SMILES string of the molecule is COC(=O)C#Cc1cc(C)cc([N+](=O)[O-])c1N. The number of anilines is 1. The first kappa shape index (κ1) is 12.5. The number of nitrogens with zero attached hydrogens (tertiary/aromatic N) is 1. The van der Waals surface area contributed by atoms with Gasteiger partial charge >= 0.3 is 5.97 Å². The van der Waals surface area contributed by atoms with E-state index in [1.54, 1.807) is 13.0 Å². The highest BCUT2D eigenvalue weighted by Gasteiger charge is 2.14. The molecule has 17 heavy (non-hydrogen) atoms. The number of nitro benzene ring substituents is 1. The van der Waals surface area contributed by atoms with Gasteiger partial charge in [-0.1, -0.05) is 5.92 Å². The number of nitro groups is 1. The van der Waals surface area contributed by atoms with E-state index in [4.69, 9.17) is 5.73 Å². The number of hydrogen-bond donors (Lipinski definition) is 1. The zero-order chi connectivity index (χ0) is 13.0. The van der Waals surface area contributed by atoms with Crippen molar-refractivity contribution in [2.24, 2.45) is 0 Å². The third-order valence-electron chi connectivity index (χ3n) is 1.98. The number of ether oxygens (including phenoxy) is 1. The van der Waals surface area contributed by atoms with Crippen molar-refractivity contribution in [2.45, 2.75) is 6.92 Å². The Morgan fingerprint density at radius 2 is 2.18 bits per heavy atom. The average Bonchev–Trinajstić information content (AvgIpc) is 2.28. The number of hydrogen-bond acceptors (Lipinski definition) is 5. The topological polar surface area (TPSA) is 95.5 Å². The minimum Gasteiger partial charge on any atom is -0.459 e. The summed E-state index contributed by atoms with van der Waals surface area (Å²) in [5.74, 6) is 3.89. The van der Waals surface area contributed by atoms with Crippen LogP contribution in [0.4, 0.5) is 11.4 Å². The predicted molar refractivity (Wildman–Crippen MR) is 61.1 cm³/mol. The van der Waals surface area contributed by atoms with Crippen LogP contribution in [0.1, 0.15) is 11.1 Å². The van der Waals surface area contributed by atoms with E-state index in [0.29, 0.717) is 5.56 Å². The van der Waals surface area contributed by atoms with Crippen LogP contribution in [0.25, 0.3) is 0 Å². The van der Waals surface area contributed by atoms with Gasteiger partial charge in [-0.2, -0.15) is 0 Å². The lowest BCUT2D eigenvalue weighted by atomic mass is 10.1. The molecule has 0 aliphatic rings. The van der Waals surface area contributed by atoms with Gasteiger partial charge in [0.25, 0.3) is 5.69 Å². The Hall–Kier alpha value is -2.55. The average molecular weight is 234 g/mol. The summed E-state index contributed by atoms with van der Waals surface area (Å²) in [6.07, 6.45) is 0. The molecule has 0 spiro atoms. The molecule has 0 heterocycles. The van der Waals surface area contributed by atoms with Gasteiger partial charge in [0.15, 0.2) is 0 Å². The highest BCUT2D eigenvalue weighted by atomic mass is 16.6. The zero-order valence-electron chi connectivity index (χ0n) is 9.31. The second kappa shape index (κ2) is 4.99. The van der Waals surface area contributed by atoms with Crippen molar-refractivity contribution in [1.29, 1.82) is 0 Å². The van der Waals surface area contributed by atoms with Crippen LogP contribution in [0.15, 0.2) is 12.1 Å². The molecular formula is C11H10N2O4. The largest absolute Gasteiger partial charge is 0.459 e. The summed E-state index contributed by atoms with van der Waals surface area (Å²) < 4.78 is 4.33. The van der Waals surface area contributed by atoms with E-state index in [0.717, 1.165) is 0 Å². The fourth-order valence-electron chi connectivity index (χ4n) is 1.20. The molecule has 6 heteroatoms. The van der Waals surface area contributed by atoms with Crippen molar-refractivity contribution in [3.05, 3.63) is 33.4 Å². The Morgan fingerprint density at radius 3 is 2.71 bits per heavy atom. The molecular weight excluding hydrogens is 224 g/mol. The number of nitrogens with two attached hydrogens (primary N) is 1. The fraction of sp³-hybridized carbons (Fsp3) is 0.182. The van der Waals surface area contributed by atoms with Crippen LogP contribution in [0, 0.1) is 28.9 Å². The van der Waals surface area contributed by atoms with Gasteiger partial charge < -0.3 is 10.5 Å². The van der Waals surface area contributed by atoms with Crippen molar-refractivity contribution in [2.75, 3.05) is 12.8 Å². The summed E-state index contributed by atoms with van der Waals surface area (Å²) in [5, 5.41) is 10.7. The predicted octanol–water partition coefficient (Wildman–Crippen LogP) is 1.01. The Kier molecular flexibility index (Phi) is 3.67. The molecule has 88 valence electrons. The number of rotatable bonds is 1. The molecule has 1 aromatic carbocycles. The third-order valence-corrected chi connectivity index (χ3v) is 1.98. The maximum Gasteiger partial charge on any atom is 0.384 e. The second-order valence-corrected chi connectivity index (χ2v) is 3.24. The van der Waals surface area contributed by atoms with Crippen LogP contribution in [0.2, 0.25) is 0 Å². The maximum atomic E-state index is 10.8. The van der Waals surface area contributed by atoms with E-state index in [1.807, 2.05) is 0 Å². The number of carbonyl (C=O) groups is 1. The van der Waals surface area contributed by atoms with Crippen LogP contribution in [-0.4, -0.2) is 18.0 Å². The molecule has 0 amide bonds. The molecule has 0 bridgehead atoms. The van der Waals surface area contributed by atoms with Crippen LogP contribution >= 0.6 is 0 Å². The molecule has 2 N–H and O–H groups in total. The van der Waals surface area contributed by atoms with Crippen molar-refractivity contribution in [3.8, 4) is 11.8 Å². The summed E-state index contributed by atoms with van der Waals surface area (Å²) in [6.45, 7) is 1.68. The van der Waals surface area contributed by atoms with Crippen LogP contribution in [0.3, 0.4) is 0 Å². The minimum absolute atomic E-state index is 0.0583. The zero-order valence-corrected chi connectivity index (χ0v) is 9.31. The summed E-state index contributed by atoms with van der Waals surface area (Å²) in [6, 6.07) is 2.91. The van der Waals surface area contributed by atoms with Gasteiger partial charge in [-0.15, -0.1) is 0 Å². The Balaban J connectivity index is 3.28. The highest BCUT2D eigenvalue weighted by molar-refractivity contribution is 5.89. The first-order valence-corrected chi connectivity index (χ1v) is 4.60. The number of benzene rings is 1. The lowest BCUT2D eigenvalue weighted by Crippen LogP contribution is -2.00. The van der Waals surface area contributed by atoms with Crippen molar-refractivity contribution in [1.82, 2.24) is 0 Å². The Morgan fingerprint density at radius 1 is 1.53 bits per heavy atom. The lowest BCUT2D eigenvalue weighted by molar-refractivity contribution is -0.384. The van der Waals surface area contributed by atoms with Crippen molar-refractivity contribution in [3.63, 3.8) is 0 Å². The number of methoxy groups -OCH3 is 1. The number of esters is 1. The molecule has 1 aromatic rings. The van der Waals surface area contributed by atoms with Crippen LogP contribution < -0.4 is 5.73 Å². The lowest BCUT2D eigenvalue weighted by Gasteiger charge is -2.01. The van der Waals surface area contributed by atoms with Crippen molar-refractivity contribution >= 4 is 17.3 Å². The van der Waals surface area contributed by atoms with E-state index < -0.39 is 10.9 Å². The number of aryl methyl sites for hydroxylation is 1. The molecule has 0 aromatic heterocycles. The Bertz CT molecular complexity index is 540. The smallest absolute Gasteiger partial charge is 0.384 e. The molecule has 0 saturated carbocycles. The minimum atomic E-state index is -0.728. The first-order chi connectivity index (χ1) is 7.95. The molecule has 0 fully saturated rings.